The van der Waals surface area contributed by atoms with E-state index in [-0.39, 0.29) is 11.4 Å². The van der Waals surface area contributed by atoms with Gasteiger partial charge in [0.1, 0.15) is 11.4 Å². The summed E-state index contributed by atoms with van der Waals surface area (Å²) in [5.41, 5.74) is 5.25. The van der Waals surface area contributed by atoms with Crippen molar-refractivity contribution in [3.63, 3.8) is 0 Å². The molecule has 0 unspecified atom stereocenters. The summed E-state index contributed by atoms with van der Waals surface area (Å²) in [6.45, 7) is 0. The maximum atomic E-state index is 13.2. The lowest BCUT2D eigenvalue weighted by atomic mass is 9.96. The van der Waals surface area contributed by atoms with Crippen LogP contribution in [0.15, 0.2) is 36.4 Å². The summed E-state index contributed by atoms with van der Waals surface area (Å²) in [6.07, 6.45) is 0.0230. The molecule has 0 spiro atoms. The molecule has 1 amide bonds. The van der Waals surface area contributed by atoms with Gasteiger partial charge in [0.25, 0.3) is 5.91 Å². The number of halogens is 3. The summed E-state index contributed by atoms with van der Waals surface area (Å²) in [5, 5.41) is 0. The van der Waals surface area contributed by atoms with Crippen LogP contribution in [-0.2, 0) is 6.18 Å². The van der Waals surface area contributed by atoms with Crippen molar-refractivity contribution in [1.29, 1.82) is 0 Å². The number of hydrogen-bond acceptors (Lipinski definition) is 4. The van der Waals surface area contributed by atoms with Gasteiger partial charge in [0, 0.05) is 0 Å². The number of carbonyl (C=O) groups is 1. The fourth-order valence-electron chi connectivity index (χ4n) is 2.72. The van der Waals surface area contributed by atoms with Crippen molar-refractivity contribution >= 4 is 11.5 Å². The van der Waals surface area contributed by atoms with Crippen LogP contribution in [0.3, 0.4) is 0 Å². The molecule has 136 valence electrons. The summed E-state index contributed by atoms with van der Waals surface area (Å²) in [6, 6.07) is 8.38. The SMILES string of the molecule is NC(=O)c1nc(C(F)(F)F)nc(C2=CCCCC2)c1Oc1ccccc1. The van der Waals surface area contributed by atoms with E-state index >= 15 is 0 Å². The second-order valence-corrected chi connectivity index (χ2v) is 5.83. The minimum absolute atomic E-state index is 0.0373. The lowest BCUT2D eigenvalue weighted by Gasteiger charge is -2.19. The highest BCUT2D eigenvalue weighted by molar-refractivity contribution is 5.95. The van der Waals surface area contributed by atoms with Crippen LogP contribution in [0.4, 0.5) is 13.2 Å². The molecule has 2 N–H and O–H groups in total. The monoisotopic (exact) mass is 363 g/mol. The third kappa shape index (κ3) is 3.84. The van der Waals surface area contributed by atoms with Crippen molar-refractivity contribution in [1.82, 2.24) is 9.97 Å². The predicted octanol–water partition coefficient (Wildman–Crippen LogP) is 4.34. The van der Waals surface area contributed by atoms with Gasteiger partial charge in [-0.3, -0.25) is 4.79 Å². The van der Waals surface area contributed by atoms with E-state index in [9.17, 15) is 18.0 Å². The lowest BCUT2D eigenvalue weighted by molar-refractivity contribution is -0.145. The Morgan fingerprint density at radius 2 is 1.85 bits per heavy atom. The van der Waals surface area contributed by atoms with Crippen molar-refractivity contribution < 1.29 is 22.7 Å². The number of benzene rings is 1. The van der Waals surface area contributed by atoms with Crippen molar-refractivity contribution in [3.05, 3.63) is 53.6 Å². The number of para-hydroxylation sites is 1. The van der Waals surface area contributed by atoms with Gasteiger partial charge < -0.3 is 10.5 Å². The molecule has 0 saturated heterocycles. The number of hydrogen-bond donors (Lipinski definition) is 1. The number of rotatable bonds is 4. The Labute approximate surface area is 147 Å². The topological polar surface area (TPSA) is 78.1 Å². The molecule has 0 bridgehead atoms. The van der Waals surface area contributed by atoms with E-state index in [0.29, 0.717) is 17.7 Å². The maximum Gasteiger partial charge on any atom is 0.451 e. The third-order valence-corrected chi connectivity index (χ3v) is 3.91. The molecule has 1 aliphatic carbocycles. The van der Waals surface area contributed by atoms with E-state index in [0.717, 1.165) is 19.3 Å². The lowest BCUT2D eigenvalue weighted by Crippen LogP contribution is -2.21. The summed E-state index contributed by atoms with van der Waals surface area (Å²) in [5.74, 6) is -2.32. The number of aromatic nitrogens is 2. The van der Waals surface area contributed by atoms with Crippen LogP contribution < -0.4 is 10.5 Å². The Hall–Kier alpha value is -2.90. The van der Waals surface area contributed by atoms with Crippen LogP contribution in [0.2, 0.25) is 0 Å². The smallest absolute Gasteiger partial charge is 0.451 e. The summed E-state index contributed by atoms with van der Waals surface area (Å²) in [4.78, 5) is 18.8. The molecule has 0 radical (unpaired) electrons. The largest absolute Gasteiger partial charge is 0.453 e. The number of ether oxygens (including phenoxy) is 1. The highest BCUT2D eigenvalue weighted by atomic mass is 19.4. The standard InChI is InChI=1S/C18H16F3N3O2/c19-18(20,21)17-23-13(11-7-3-1-4-8-11)15(14(24-17)16(22)25)26-12-9-5-2-6-10-12/h2,5-7,9-10H,1,3-4,8H2,(H2,22,25). The zero-order valence-electron chi connectivity index (χ0n) is 13.7. The van der Waals surface area contributed by atoms with Crippen LogP contribution >= 0.6 is 0 Å². The Morgan fingerprint density at radius 1 is 1.12 bits per heavy atom. The minimum atomic E-state index is -4.81. The molecule has 1 aromatic carbocycles. The van der Waals surface area contributed by atoms with Gasteiger partial charge in [-0.05, 0) is 43.4 Å². The second-order valence-electron chi connectivity index (χ2n) is 5.83. The van der Waals surface area contributed by atoms with Crippen LogP contribution in [0, 0.1) is 0 Å². The normalized spacial score (nSPS) is 14.7. The first kappa shape index (κ1) is 17.9. The summed E-state index contributed by atoms with van der Waals surface area (Å²) >= 11 is 0. The van der Waals surface area contributed by atoms with Crippen molar-refractivity contribution in [2.24, 2.45) is 5.73 Å². The first-order chi connectivity index (χ1) is 12.4. The van der Waals surface area contributed by atoms with E-state index < -0.39 is 23.6 Å². The molecule has 1 aliphatic rings. The van der Waals surface area contributed by atoms with Crippen LogP contribution in [0.5, 0.6) is 11.5 Å². The van der Waals surface area contributed by atoms with E-state index in [1.165, 1.54) is 0 Å². The first-order valence-electron chi connectivity index (χ1n) is 8.07. The van der Waals surface area contributed by atoms with Gasteiger partial charge >= 0.3 is 6.18 Å². The number of primary amides is 1. The average Bonchev–Trinajstić information content (AvgIpc) is 2.62. The predicted molar refractivity (Wildman–Crippen MR) is 88.5 cm³/mol. The maximum absolute atomic E-state index is 13.2. The average molecular weight is 363 g/mol. The Bertz CT molecular complexity index is 849. The third-order valence-electron chi connectivity index (χ3n) is 3.91. The molecule has 1 aromatic heterocycles. The van der Waals surface area contributed by atoms with Crippen LogP contribution in [0.1, 0.15) is 47.7 Å². The molecular formula is C18H16F3N3O2. The van der Waals surface area contributed by atoms with Gasteiger partial charge in [-0.25, -0.2) is 9.97 Å². The molecule has 26 heavy (non-hydrogen) atoms. The van der Waals surface area contributed by atoms with Gasteiger partial charge in [0.2, 0.25) is 5.82 Å². The fraction of sp³-hybridized carbons (Fsp3) is 0.278. The van der Waals surface area contributed by atoms with E-state index in [4.69, 9.17) is 10.5 Å². The molecule has 0 fully saturated rings. The number of amides is 1. The zero-order chi connectivity index (χ0) is 18.7. The molecule has 8 heteroatoms. The van der Waals surface area contributed by atoms with Gasteiger partial charge in [-0.15, -0.1) is 0 Å². The first-order valence-corrected chi connectivity index (χ1v) is 8.07. The number of nitrogens with two attached hydrogens (primary N) is 1. The summed E-state index contributed by atoms with van der Waals surface area (Å²) in [7, 11) is 0. The van der Waals surface area contributed by atoms with Crippen LogP contribution in [0.25, 0.3) is 5.57 Å². The number of allylic oxidation sites excluding steroid dienone is 2. The molecule has 3 rings (SSSR count). The minimum Gasteiger partial charge on any atom is -0.453 e. The van der Waals surface area contributed by atoms with Gasteiger partial charge in [-0.2, -0.15) is 13.2 Å². The number of nitrogens with zero attached hydrogens (tertiary/aromatic N) is 2. The van der Waals surface area contributed by atoms with E-state index in [2.05, 4.69) is 9.97 Å². The van der Waals surface area contributed by atoms with Crippen molar-refractivity contribution in [2.45, 2.75) is 31.9 Å². The molecule has 2 aromatic rings. The van der Waals surface area contributed by atoms with Gasteiger partial charge in [0.15, 0.2) is 11.4 Å². The molecule has 0 atom stereocenters. The van der Waals surface area contributed by atoms with E-state index in [1.807, 2.05) is 6.08 Å². The van der Waals surface area contributed by atoms with Crippen molar-refractivity contribution in [2.75, 3.05) is 0 Å². The highest BCUT2D eigenvalue weighted by Crippen LogP contribution is 2.38. The highest BCUT2D eigenvalue weighted by Gasteiger charge is 2.38. The second kappa shape index (κ2) is 7.15. The quantitative estimate of drug-likeness (QED) is 0.876. The van der Waals surface area contributed by atoms with Gasteiger partial charge in [-0.1, -0.05) is 24.3 Å². The Morgan fingerprint density at radius 3 is 2.42 bits per heavy atom. The van der Waals surface area contributed by atoms with E-state index in [1.54, 1.807) is 30.3 Å². The molecule has 5 nitrogen and oxygen atoms in total. The van der Waals surface area contributed by atoms with Crippen LogP contribution in [-0.4, -0.2) is 15.9 Å². The molecule has 0 saturated carbocycles. The van der Waals surface area contributed by atoms with Gasteiger partial charge in [0.05, 0.1) is 0 Å². The molecule has 0 aliphatic heterocycles. The Kier molecular flexibility index (Phi) is 4.92. The number of alkyl halides is 3. The number of carbonyl (C=O) groups excluding carboxylic acids is 1. The fourth-order valence-corrected chi connectivity index (χ4v) is 2.72. The molecular weight excluding hydrogens is 347 g/mol. The summed E-state index contributed by atoms with van der Waals surface area (Å²) < 4.78 is 45.3. The van der Waals surface area contributed by atoms with Crippen molar-refractivity contribution in [3.8, 4) is 11.5 Å². The Balaban J connectivity index is 2.21. The zero-order valence-corrected chi connectivity index (χ0v) is 13.7. The molecule has 1 heterocycles.